The molecule has 0 atom stereocenters. The van der Waals surface area contributed by atoms with E-state index in [1.165, 1.54) is 19.3 Å². The molecule has 27 heavy (non-hydrogen) atoms. The molecule has 4 saturated carbocycles. The normalized spacial score (nSPS) is 33.7. The molecule has 4 amide bonds. The van der Waals surface area contributed by atoms with Crippen LogP contribution in [0.3, 0.4) is 0 Å². The molecule has 0 aromatic heterocycles. The fourth-order valence-electron chi connectivity index (χ4n) is 5.53. The third-order valence-electron chi connectivity index (χ3n) is 6.14. The molecule has 1 aliphatic heterocycles. The van der Waals surface area contributed by atoms with Gasteiger partial charge >= 0.3 is 12.0 Å². The Morgan fingerprint density at radius 3 is 2.26 bits per heavy atom. The van der Waals surface area contributed by atoms with Crippen molar-refractivity contribution in [2.75, 3.05) is 6.61 Å². The number of nitrogens with one attached hydrogen (secondary N) is 3. The van der Waals surface area contributed by atoms with E-state index in [0.29, 0.717) is 17.8 Å². The molecule has 1 heterocycles. The highest BCUT2D eigenvalue weighted by molar-refractivity contribution is 6.37. The highest BCUT2D eigenvalue weighted by atomic mass is 16.5. The molecular formula is C18H24N4O5. The van der Waals surface area contributed by atoms with Gasteiger partial charge in [0.15, 0.2) is 6.61 Å². The Morgan fingerprint density at radius 2 is 1.70 bits per heavy atom. The number of carbonyl (C=O) groups excluding carboxylic acids is 4. The lowest BCUT2D eigenvalue weighted by Gasteiger charge is -2.56. The molecule has 0 saturated heterocycles. The number of esters is 1. The second-order valence-electron chi connectivity index (χ2n) is 8.37. The number of nitrogens with zero attached hydrogens (tertiary/aromatic N) is 1. The van der Waals surface area contributed by atoms with Crippen molar-refractivity contribution >= 4 is 29.5 Å². The SMILES string of the molecule is O=C1CCC(C(=O)OCC(=O)NC(=O)NC23CC4CC(CC(C4)C2)C3)=NN1. The predicted molar refractivity (Wildman–Crippen MR) is 93.3 cm³/mol. The topological polar surface area (TPSA) is 126 Å². The number of hydrogen-bond acceptors (Lipinski definition) is 6. The Bertz CT molecular complexity index is 681. The van der Waals surface area contributed by atoms with Crippen molar-refractivity contribution in [2.24, 2.45) is 22.9 Å². The van der Waals surface area contributed by atoms with E-state index in [1.807, 2.05) is 0 Å². The van der Waals surface area contributed by atoms with Gasteiger partial charge in [-0.2, -0.15) is 5.10 Å². The van der Waals surface area contributed by atoms with E-state index in [-0.39, 0.29) is 30.0 Å². The lowest BCUT2D eigenvalue weighted by atomic mass is 9.53. The Morgan fingerprint density at radius 1 is 1.07 bits per heavy atom. The summed E-state index contributed by atoms with van der Waals surface area (Å²) in [4.78, 5) is 47.0. The van der Waals surface area contributed by atoms with Gasteiger partial charge in [0.1, 0.15) is 5.71 Å². The van der Waals surface area contributed by atoms with Crippen LogP contribution in [-0.4, -0.2) is 41.7 Å². The summed E-state index contributed by atoms with van der Waals surface area (Å²) in [6.45, 7) is -0.569. The van der Waals surface area contributed by atoms with Crippen LogP contribution in [0.5, 0.6) is 0 Å². The van der Waals surface area contributed by atoms with Gasteiger partial charge in [-0.05, 0) is 56.3 Å². The lowest BCUT2D eigenvalue weighted by molar-refractivity contribution is -0.142. The van der Waals surface area contributed by atoms with E-state index in [2.05, 4.69) is 21.2 Å². The zero-order valence-corrected chi connectivity index (χ0v) is 15.1. The van der Waals surface area contributed by atoms with E-state index in [1.54, 1.807) is 0 Å². The summed E-state index contributed by atoms with van der Waals surface area (Å²) in [5, 5.41) is 8.88. The summed E-state index contributed by atoms with van der Waals surface area (Å²) < 4.78 is 4.86. The molecule has 0 spiro atoms. The van der Waals surface area contributed by atoms with Crippen molar-refractivity contribution in [1.82, 2.24) is 16.1 Å². The van der Waals surface area contributed by atoms with E-state index >= 15 is 0 Å². The van der Waals surface area contributed by atoms with Crippen molar-refractivity contribution < 1.29 is 23.9 Å². The molecule has 9 heteroatoms. The first-order valence-electron chi connectivity index (χ1n) is 9.55. The molecule has 9 nitrogen and oxygen atoms in total. The molecule has 3 N–H and O–H groups in total. The first kappa shape index (κ1) is 17.9. The maximum absolute atomic E-state index is 12.3. The van der Waals surface area contributed by atoms with Gasteiger partial charge in [0.2, 0.25) is 5.91 Å². The summed E-state index contributed by atoms with van der Waals surface area (Å²) in [5.74, 6) is 0.322. The molecule has 0 aromatic carbocycles. The van der Waals surface area contributed by atoms with E-state index in [4.69, 9.17) is 4.74 Å². The summed E-state index contributed by atoms with van der Waals surface area (Å²) in [6, 6.07) is -0.528. The number of carbonyl (C=O) groups is 4. The van der Waals surface area contributed by atoms with Gasteiger partial charge in [-0.15, -0.1) is 0 Å². The fraction of sp³-hybridized carbons (Fsp3) is 0.722. The maximum Gasteiger partial charge on any atom is 0.355 e. The molecular weight excluding hydrogens is 352 g/mol. The number of amides is 4. The summed E-state index contributed by atoms with van der Waals surface area (Å²) in [6.07, 6.45) is 7.07. The number of imide groups is 1. The Kier molecular flexibility index (Phi) is 4.61. The largest absolute Gasteiger partial charge is 0.451 e. The molecule has 4 bridgehead atoms. The van der Waals surface area contributed by atoms with Gasteiger partial charge in [0.25, 0.3) is 5.91 Å². The van der Waals surface area contributed by atoms with Crippen LogP contribution in [0.15, 0.2) is 5.10 Å². The molecule has 4 fully saturated rings. The average Bonchev–Trinajstić information content (AvgIpc) is 2.58. The number of hydrazone groups is 1. The zero-order chi connectivity index (χ0) is 19.0. The lowest BCUT2D eigenvalue weighted by Crippen LogP contribution is -2.62. The number of rotatable bonds is 4. The van der Waals surface area contributed by atoms with E-state index in [0.717, 1.165) is 19.3 Å². The highest BCUT2D eigenvalue weighted by Crippen LogP contribution is 2.55. The van der Waals surface area contributed by atoms with Crippen molar-refractivity contribution in [3.05, 3.63) is 0 Å². The van der Waals surface area contributed by atoms with Gasteiger partial charge in [0, 0.05) is 18.4 Å². The highest BCUT2D eigenvalue weighted by Gasteiger charge is 2.51. The second kappa shape index (κ2) is 6.94. The van der Waals surface area contributed by atoms with Crippen LogP contribution in [0.2, 0.25) is 0 Å². The van der Waals surface area contributed by atoms with Crippen LogP contribution < -0.4 is 16.1 Å². The average molecular weight is 376 g/mol. The fourth-order valence-corrected chi connectivity index (χ4v) is 5.53. The summed E-state index contributed by atoms with van der Waals surface area (Å²) >= 11 is 0. The smallest absolute Gasteiger partial charge is 0.355 e. The Hall–Kier alpha value is -2.45. The molecule has 5 rings (SSSR count). The first-order chi connectivity index (χ1) is 12.9. The van der Waals surface area contributed by atoms with Crippen molar-refractivity contribution in [2.45, 2.75) is 56.9 Å². The van der Waals surface area contributed by atoms with Gasteiger partial charge in [0.05, 0.1) is 0 Å². The monoisotopic (exact) mass is 376 g/mol. The zero-order valence-electron chi connectivity index (χ0n) is 15.1. The Labute approximate surface area is 156 Å². The van der Waals surface area contributed by atoms with Crippen molar-refractivity contribution in [3.8, 4) is 0 Å². The van der Waals surface area contributed by atoms with Gasteiger partial charge in [-0.25, -0.2) is 15.0 Å². The van der Waals surface area contributed by atoms with Crippen molar-refractivity contribution in [3.63, 3.8) is 0 Å². The molecule has 4 aliphatic carbocycles. The number of urea groups is 1. The van der Waals surface area contributed by atoms with Crippen LogP contribution in [0.1, 0.15) is 51.4 Å². The molecule has 0 unspecified atom stereocenters. The Balaban J connectivity index is 1.23. The molecule has 0 radical (unpaired) electrons. The summed E-state index contributed by atoms with van der Waals surface area (Å²) in [5.41, 5.74) is 2.05. The maximum atomic E-state index is 12.3. The number of hydrogen-bond donors (Lipinski definition) is 3. The van der Waals surface area contributed by atoms with Crippen molar-refractivity contribution in [1.29, 1.82) is 0 Å². The molecule has 5 aliphatic rings. The van der Waals surface area contributed by atoms with Gasteiger partial charge in [-0.1, -0.05) is 0 Å². The standard InChI is InChI=1S/C18H24N4O5/c23-14-2-1-13(21-22-14)16(25)27-9-15(24)19-17(26)20-18-6-10-3-11(7-18)5-12(4-10)8-18/h10-12H,1-9H2,(H,22,23)(H2,19,20,24,26). The van der Waals surface area contributed by atoms with Crippen LogP contribution >= 0.6 is 0 Å². The quantitative estimate of drug-likeness (QED) is 0.619. The van der Waals surface area contributed by atoms with Crippen LogP contribution in [0.4, 0.5) is 4.79 Å². The van der Waals surface area contributed by atoms with E-state index in [9.17, 15) is 19.2 Å². The van der Waals surface area contributed by atoms with E-state index < -0.39 is 24.5 Å². The molecule has 146 valence electrons. The third-order valence-corrected chi connectivity index (χ3v) is 6.14. The minimum atomic E-state index is -0.772. The molecule has 0 aromatic rings. The minimum Gasteiger partial charge on any atom is -0.451 e. The van der Waals surface area contributed by atoms with Crippen LogP contribution in [0.25, 0.3) is 0 Å². The van der Waals surface area contributed by atoms with Gasteiger partial charge in [-0.3, -0.25) is 14.9 Å². The number of ether oxygens (including phenoxy) is 1. The third kappa shape index (κ3) is 3.96. The second-order valence-corrected chi connectivity index (χ2v) is 8.37. The van der Waals surface area contributed by atoms with Crippen LogP contribution in [-0.2, 0) is 19.1 Å². The van der Waals surface area contributed by atoms with Gasteiger partial charge < -0.3 is 10.1 Å². The predicted octanol–water partition coefficient (Wildman–Crippen LogP) is 0.590. The first-order valence-corrected chi connectivity index (χ1v) is 9.55. The minimum absolute atomic E-state index is 0.0559. The van der Waals surface area contributed by atoms with Crippen LogP contribution in [0, 0.1) is 17.8 Å². The summed E-state index contributed by atoms with van der Waals surface area (Å²) in [7, 11) is 0.